The van der Waals surface area contributed by atoms with Crippen LogP contribution in [0.25, 0.3) is 11.4 Å². The van der Waals surface area contributed by atoms with Crippen molar-refractivity contribution < 1.29 is 9.84 Å². The lowest BCUT2D eigenvalue weighted by Crippen LogP contribution is -2.26. The van der Waals surface area contributed by atoms with Gasteiger partial charge in [0.1, 0.15) is 18.2 Å². The number of aromatic nitrogens is 6. The van der Waals surface area contributed by atoms with E-state index in [0.717, 1.165) is 58.2 Å². The van der Waals surface area contributed by atoms with E-state index in [1.807, 2.05) is 25.3 Å². The Labute approximate surface area is 202 Å². The van der Waals surface area contributed by atoms with Crippen molar-refractivity contribution in [1.82, 2.24) is 29.3 Å². The predicted octanol–water partition coefficient (Wildman–Crippen LogP) is 2.87. The number of hydrogen-bond acceptors (Lipinski definition) is 6. The third kappa shape index (κ3) is 5.78. The van der Waals surface area contributed by atoms with Gasteiger partial charge in [0.2, 0.25) is 0 Å². The molecule has 2 N–H and O–H groups in total. The summed E-state index contributed by atoms with van der Waals surface area (Å²) in [5.74, 6) is -0.0931. The van der Waals surface area contributed by atoms with E-state index in [9.17, 15) is 14.7 Å². The van der Waals surface area contributed by atoms with Crippen LogP contribution in [0.4, 0.5) is 0 Å². The molecule has 0 aliphatic heterocycles. The predicted molar refractivity (Wildman–Crippen MR) is 131 cm³/mol. The highest BCUT2D eigenvalue weighted by Crippen LogP contribution is 2.20. The second kappa shape index (κ2) is 11.0. The Morgan fingerprint density at radius 3 is 2.63 bits per heavy atom. The minimum atomic E-state index is -0.581. The second-order valence-corrected chi connectivity index (χ2v) is 8.52. The van der Waals surface area contributed by atoms with Crippen molar-refractivity contribution in [3.63, 3.8) is 0 Å². The number of ether oxygens (including phenoxy) is 1. The molecule has 10 heteroatoms. The van der Waals surface area contributed by atoms with Crippen molar-refractivity contribution in [2.45, 2.75) is 52.7 Å². The highest BCUT2D eigenvalue weighted by molar-refractivity contribution is 5.47. The van der Waals surface area contributed by atoms with E-state index in [0.29, 0.717) is 19.0 Å². The summed E-state index contributed by atoms with van der Waals surface area (Å²) < 4.78 is 9.50. The van der Waals surface area contributed by atoms with Crippen LogP contribution < -0.4 is 11.4 Å². The summed E-state index contributed by atoms with van der Waals surface area (Å²) in [4.78, 5) is 25.4. The van der Waals surface area contributed by atoms with Gasteiger partial charge in [0.05, 0.1) is 17.6 Å². The molecule has 184 valence electrons. The molecule has 4 rings (SSSR count). The third-order valence-electron chi connectivity index (χ3n) is 5.71. The van der Waals surface area contributed by atoms with Crippen molar-refractivity contribution >= 4 is 0 Å². The van der Waals surface area contributed by atoms with E-state index in [1.165, 1.54) is 6.07 Å². The number of aromatic hydroxyl groups is 1. The lowest BCUT2D eigenvalue weighted by molar-refractivity contribution is 0.0660. The molecule has 10 nitrogen and oxygen atoms in total. The summed E-state index contributed by atoms with van der Waals surface area (Å²) in [6, 6.07) is 12.1. The Bertz CT molecular complexity index is 1380. The molecular formula is C25H30N6O4. The van der Waals surface area contributed by atoms with Crippen LogP contribution in [0.1, 0.15) is 43.0 Å². The van der Waals surface area contributed by atoms with E-state index >= 15 is 0 Å². The summed E-state index contributed by atoms with van der Waals surface area (Å²) in [7, 11) is 0. The first-order valence-corrected chi connectivity index (χ1v) is 11.8. The Balaban J connectivity index is 1.33. The van der Waals surface area contributed by atoms with Gasteiger partial charge in [-0.25, -0.2) is 23.9 Å². The largest absolute Gasteiger partial charge is 0.506 e. The first kappa shape index (κ1) is 24.2. The topological polar surface area (TPSA) is 120 Å². The van der Waals surface area contributed by atoms with Gasteiger partial charge in [0.25, 0.3) is 0 Å². The van der Waals surface area contributed by atoms with Gasteiger partial charge < -0.3 is 9.84 Å². The molecule has 4 aromatic rings. The van der Waals surface area contributed by atoms with Crippen molar-refractivity contribution in [2.75, 3.05) is 6.61 Å². The van der Waals surface area contributed by atoms with Gasteiger partial charge in [-0.1, -0.05) is 36.8 Å². The monoisotopic (exact) mass is 478 g/mol. The fraction of sp³-hybridized carbons (Fsp3) is 0.360. The Morgan fingerprint density at radius 1 is 1.06 bits per heavy atom. The van der Waals surface area contributed by atoms with E-state index in [-0.39, 0.29) is 11.4 Å². The van der Waals surface area contributed by atoms with Crippen LogP contribution >= 0.6 is 0 Å². The van der Waals surface area contributed by atoms with E-state index in [4.69, 9.17) is 4.74 Å². The van der Waals surface area contributed by atoms with Gasteiger partial charge in [0, 0.05) is 6.61 Å². The van der Waals surface area contributed by atoms with Gasteiger partial charge >= 0.3 is 11.4 Å². The first-order valence-electron chi connectivity index (χ1n) is 11.8. The zero-order valence-corrected chi connectivity index (χ0v) is 20.0. The summed E-state index contributed by atoms with van der Waals surface area (Å²) >= 11 is 0. The molecule has 2 heterocycles. The molecule has 0 saturated heterocycles. The summed E-state index contributed by atoms with van der Waals surface area (Å²) in [6.07, 6.45) is 6.70. The molecule has 0 atom stereocenters. The number of aromatic amines is 1. The standard InChI is InChI=1S/C25H30N6O4/c1-3-4-7-20-16-29(28-26-20)17-35-14-5-6-19-9-11-21(12-10-19)30-24(33)27-31(25(30)34)22-15-18(2)8-13-23(22)32/h8-13,15-16,32H,3-7,14,17H2,1-2H3,(H,27,33). The number of aryl methyl sites for hydroxylation is 3. The van der Waals surface area contributed by atoms with Crippen molar-refractivity contribution in [3.8, 4) is 17.1 Å². The summed E-state index contributed by atoms with van der Waals surface area (Å²) in [5.41, 5.74) is 2.42. The maximum Gasteiger partial charge on any atom is 0.356 e. The van der Waals surface area contributed by atoms with Crippen molar-refractivity contribution in [3.05, 3.63) is 86.5 Å². The molecule has 35 heavy (non-hydrogen) atoms. The normalized spacial score (nSPS) is 11.3. The highest BCUT2D eigenvalue weighted by atomic mass is 16.5. The quantitative estimate of drug-likeness (QED) is 0.320. The average molecular weight is 479 g/mol. The van der Waals surface area contributed by atoms with Gasteiger partial charge in [-0.15, -0.1) is 5.10 Å². The SMILES string of the molecule is CCCCc1cn(COCCCc2ccc(-n3c(=O)[nH]n(-c4cc(C)ccc4O)c3=O)cc2)nn1. The average Bonchev–Trinajstić information content (AvgIpc) is 3.43. The Hall–Kier alpha value is -3.92. The summed E-state index contributed by atoms with van der Waals surface area (Å²) in [5, 5.41) is 20.9. The van der Waals surface area contributed by atoms with Crippen LogP contribution in [0, 0.1) is 6.92 Å². The molecule has 2 aromatic carbocycles. The van der Waals surface area contributed by atoms with Crippen LogP contribution in [0.3, 0.4) is 0 Å². The maximum atomic E-state index is 12.9. The molecule has 0 amide bonds. The molecule has 0 bridgehead atoms. The van der Waals surface area contributed by atoms with Crippen LogP contribution in [-0.4, -0.2) is 41.1 Å². The number of unbranched alkanes of at least 4 members (excludes halogenated alkanes) is 1. The Morgan fingerprint density at radius 2 is 1.86 bits per heavy atom. The van der Waals surface area contributed by atoms with E-state index in [1.54, 1.807) is 28.9 Å². The van der Waals surface area contributed by atoms with Gasteiger partial charge in [-0.2, -0.15) is 4.68 Å². The van der Waals surface area contributed by atoms with Crippen LogP contribution in [0.2, 0.25) is 0 Å². The lowest BCUT2D eigenvalue weighted by atomic mass is 10.1. The lowest BCUT2D eigenvalue weighted by Gasteiger charge is -2.06. The van der Waals surface area contributed by atoms with E-state index in [2.05, 4.69) is 22.3 Å². The van der Waals surface area contributed by atoms with Gasteiger partial charge in [-0.05, 0) is 68.0 Å². The van der Waals surface area contributed by atoms with Crippen LogP contribution in [-0.2, 0) is 24.3 Å². The maximum absolute atomic E-state index is 12.9. The second-order valence-electron chi connectivity index (χ2n) is 8.52. The number of phenols is 1. The number of phenolic OH excluding ortho intramolecular Hbond substituents is 1. The molecule has 2 aromatic heterocycles. The number of H-pyrrole nitrogens is 1. The molecule has 0 saturated carbocycles. The fourth-order valence-corrected chi connectivity index (χ4v) is 3.81. The number of rotatable bonds is 11. The number of nitrogens with zero attached hydrogens (tertiary/aromatic N) is 5. The van der Waals surface area contributed by atoms with Crippen molar-refractivity contribution in [1.29, 1.82) is 0 Å². The molecular weight excluding hydrogens is 448 g/mol. The van der Waals surface area contributed by atoms with Gasteiger partial charge in [-0.3, -0.25) is 0 Å². The zero-order valence-electron chi connectivity index (χ0n) is 20.0. The number of hydrogen-bond donors (Lipinski definition) is 2. The minimum absolute atomic E-state index is 0.0931. The third-order valence-corrected chi connectivity index (χ3v) is 5.71. The van der Waals surface area contributed by atoms with Crippen molar-refractivity contribution in [2.24, 2.45) is 0 Å². The van der Waals surface area contributed by atoms with Crippen LogP contribution in [0.5, 0.6) is 5.75 Å². The number of nitrogens with one attached hydrogen (secondary N) is 1. The fourth-order valence-electron chi connectivity index (χ4n) is 3.81. The molecule has 0 fully saturated rings. The summed E-state index contributed by atoms with van der Waals surface area (Å²) in [6.45, 7) is 4.94. The molecule has 0 unspecified atom stereocenters. The zero-order chi connectivity index (χ0) is 24.8. The smallest absolute Gasteiger partial charge is 0.356 e. The Kier molecular flexibility index (Phi) is 7.61. The molecule has 0 aliphatic rings. The molecule has 0 radical (unpaired) electrons. The number of benzene rings is 2. The van der Waals surface area contributed by atoms with E-state index < -0.39 is 11.4 Å². The van der Waals surface area contributed by atoms with Gasteiger partial charge in [0.15, 0.2) is 0 Å². The molecule has 0 aliphatic carbocycles. The first-order chi connectivity index (χ1) is 17.0. The highest BCUT2D eigenvalue weighted by Gasteiger charge is 2.15. The van der Waals surface area contributed by atoms with Crippen LogP contribution in [0.15, 0.2) is 58.3 Å². The molecule has 0 spiro atoms. The minimum Gasteiger partial charge on any atom is -0.506 e.